The zero-order valence-corrected chi connectivity index (χ0v) is 15.8. The molecule has 0 radical (unpaired) electrons. The zero-order chi connectivity index (χ0) is 18.2. The second kappa shape index (κ2) is 6.79. The molecule has 0 unspecified atom stereocenters. The summed E-state index contributed by atoms with van der Waals surface area (Å²) in [6, 6.07) is 1.62. The summed E-state index contributed by atoms with van der Waals surface area (Å²) in [6.45, 7) is 10.2. The lowest BCUT2D eigenvalue weighted by Gasteiger charge is -2.40. The number of rotatable bonds is 3. The van der Waals surface area contributed by atoms with Crippen molar-refractivity contribution in [1.29, 1.82) is 0 Å². The first-order chi connectivity index (χ1) is 11.0. The maximum Gasteiger partial charge on any atom is 0.410 e. The first-order valence-corrected chi connectivity index (χ1v) is 8.46. The molecule has 0 N–H and O–H groups in total. The van der Waals surface area contributed by atoms with Crippen LogP contribution in [0.25, 0.3) is 0 Å². The standard InChI is InChI=1S/C18H25ClFNO3/c1-10(2)12-7-13(19)15(20)14(16(12)23-6)11-8-21(9-11)17(22)24-18(3,4)5/h7,10-11H,8-9H2,1-6H3. The molecule has 1 heterocycles. The minimum Gasteiger partial charge on any atom is -0.496 e. The molecule has 4 nitrogen and oxygen atoms in total. The van der Waals surface area contributed by atoms with Crippen molar-refractivity contribution in [2.45, 2.75) is 52.1 Å². The van der Waals surface area contributed by atoms with Crippen LogP contribution in [0.1, 0.15) is 57.6 Å². The van der Waals surface area contributed by atoms with Crippen LogP contribution in [-0.4, -0.2) is 36.8 Å². The number of likely N-dealkylation sites (tertiary alicyclic amines) is 1. The van der Waals surface area contributed by atoms with Crippen molar-refractivity contribution >= 4 is 17.7 Å². The normalized spacial score (nSPS) is 15.5. The topological polar surface area (TPSA) is 38.8 Å². The highest BCUT2D eigenvalue weighted by Gasteiger charge is 2.38. The van der Waals surface area contributed by atoms with Crippen LogP contribution in [0, 0.1) is 5.82 Å². The highest BCUT2D eigenvalue weighted by Crippen LogP contribution is 2.42. The third-order valence-corrected chi connectivity index (χ3v) is 4.28. The number of amides is 1. The molecule has 1 fully saturated rings. The Labute approximate surface area is 147 Å². The Hall–Kier alpha value is -1.49. The molecule has 1 aliphatic heterocycles. The van der Waals surface area contributed by atoms with E-state index in [4.69, 9.17) is 21.1 Å². The van der Waals surface area contributed by atoms with Crippen LogP contribution in [0.4, 0.5) is 9.18 Å². The molecule has 134 valence electrons. The summed E-state index contributed by atoms with van der Waals surface area (Å²) < 4.78 is 25.4. The molecule has 0 bridgehead atoms. The van der Waals surface area contributed by atoms with Gasteiger partial charge in [0.1, 0.15) is 17.2 Å². The molecular weight excluding hydrogens is 333 g/mol. The fourth-order valence-electron chi connectivity index (χ4n) is 2.81. The quantitative estimate of drug-likeness (QED) is 0.768. The Morgan fingerprint density at radius 3 is 2.42 bits per heavy atom. The van der Waals surface area contributed by atoms with Gasteiger partial charge in [0.2, 0.25) is 0 Å². The molecule has 0 atom stereocenters. The van der Waals surface area contributed by atoms with E-state index in [0.717, 1.165) is 5.56 Å². The van der Waals surface area contributed by atoms with Gasteiger partial charge >= 0.3 is 6.09 Å². The number of halogens is 2. The summed E-state index contributed by atoms with van der Waals surface area (Å²) in [5, 5.41) is 0.0882. The molecule has 24 heavy (non-hydrogen) atoms. The third kappa shape index (κ3) is 3.77. The predicted molar refractivity (Wildman–Crippen MR) is 92.6 cm³/mol. The molecule has 1 aliphatic rings. The molecule has 0 aromatic heterocycles. The average molecular weight is 358 g/mol. The van der Waals surface area contributed by atoms with Crippen LogP contribution >= 0.6 is 11.6 Å². The van der Waals surface area contributed by atoms with Gasteiger partial charge < -0.3 is 14.4 Å². The third-order valence-electron chi connectivity index (χ3n) is 4.00. The van der Waals surface area contributed by atoms with Gasteiger partial charge in [-0.25, -0.2) is 9.18 Å². The van der Waals surface area contributed by atoms with Crippen LogP contribution in [0.5, 0.6) is 5.75 Å². The van der Waals surface area contributed by atoms with Crippen molar-refractivity contribution < 1.29 is 18.7 Å². The fourth-order valence-corrected chi connectivity index (χ4v) is 3.03. The van der Waals surface area contributed by atoms with Gasteiger partial charge in [0.25, 0.3) is 0 Å². The number of benzene rings is 1. The zero-order valence-electron chi connectivity index (χ0n) is 15.1. The van der Waals surface area contributed by atoms with Crippen molar-refractivity contribution in [2.75, 3.05) is 20.2 Å². The fraction of sp³-hybridized carbons (Fsp3) is 0.611. The summed E-state index contributed by atoms with van der Waals surface area (Å²) in [5.41, 5.74) is 0.773. The van der Waals surface area contributed by atoms with Gasteiger partial charge in [0, 0.05) is 24.6 Å². The molecule has 1 aromatic carbocycles. The Morgan fingerprint density at radius 1 is 1.38 bits per heavy atom. The van der Waals surface area contributed by atoms with E-state index in [1.807, 2.05) is 34.6 Å². The molecule has 2 rings (SSSR count). The van der Waals surface area contributed by atoms with E-state index < -0.39 is 11.4 Å². The smallest absolute Gasteiger partial charge is 0.410 e. The predicted octanol–water partition coefficient (Wildman–Crippen LogP) is 4.95. The van der Waals surface area contributed by atoms with E-state index in [9.17, 15) is 9.18 Å². The maximum atomic E-state index is 14.6. The van der Waals surface area contributed by atoms with Crippen LogP contribution in [0.3, 0.4) is 0 Å². The molecule has 0 aliphatic carbocycles. The highest BCUT2D eigenvalue weighted by atomic mass is 35.5. The second-order valence-electron chi connectivity index (χ2n) is 7.45. The Morgan fingerprint density at radius 2 is 1.96 bits per heavy atom. The summed E-state index contributed by atoms with van der Waals surface area (Å²) in [6.07, 6.45) is -0.385. The van der Waals surface area contributed by atoms with E-state index in [1.165, 1.54) is 7.11 Å². The number of hydrogen-bond donors (Lipinski definition) is 0. The van der Waals surface area contributed by atoms with Crippen LogP contribution in [0.15, 0.2) is 6.07 Å². The van der Waals surface area contributed by atoms with E-state index in [1.54, 1.807) is 11.0 Å². The van der Waals surface area contributed by atoms with Gasteiger partial charge in [-0.1, -0.05) is 25.4 Å². The first-order valence-electron chi connectivity index (χ1n) is 8.08. The van der Waals surface area contributed by atoms with Crippen molar-refractivity contribution in [2.24, 2.45) is 0 Å². The molecule has 0 spiro atoms. The van der Waals surface area contributed by atoms with Gasteiger partial charge in [-0.2, -0.15) is 0 Å². The minimum absolute atomic E-state index is 0.0882. The van der Waals surface area contributed by atoms with Crippen molar-refractivity contribution in [3.05, 3.63) is 28.0 Å². The largest absolute Gasteiger partial charge is 0.496 e. The van der Waals surface area contributed by atoms with Crippen molar-refractivity contribution in [3.8, 4) is 5.75 Å². The van der Waals surface area contributed by atoms with Gasteiger partial charge in [-0.3, -0.25) is 0 Å². The van der Waals surface area contributed by atoms with E-state index in [2.05, 4.69) is 0 Å². The number of hydrogen-bond acceptors (Lipinski definition) is 3. The van der Waals surface area contributed by atoms with E-state index in [0.29, 0.717) is 24.4 Å². The molecule has 1 saturated heterocycles. The SMILES string of the molecule is COc1c(C(C)C)cc(Cl)c(F)c1C1CN(C(=O)OC(C)(C)C)C1. The molecule has 1 aromatic rings. The van der Waals surface area contributed by atoms with Crippen molar-refractivity contribution in [3.63, 3.8) is 0 Å². The Bertz CT molecular complexity index is 634. The molecular formula is C18H25ClFNO3. The van der Waals surface area contributed by atoms with Crippen molar-refractivity contribution in [1.82, 2.24) is 4.90 Å². The summed E-state index contributed by atoms with van der Waals surface area (Å²) >= 11 is 6.07. The number of nitrogens with zero attached hydrogens (tertiary/aromatic N) is 1. The van der Waals surface area contributed by atoms with E-state index in [-0.39, 0.29) is 23.0 Å². The molecule has 0 saturated carbocycles. The lowest BCUT2D eigenvalue weighted by Crippen LogP contribution is -2.50. The highest BCUT2D eigenvalue weighted by molar-refractivity contribution is 6.31. The minimum atomic E-state index is -0.550. The van der Waals surface area contributed by atoms with Crippen LogP contribution < -0.4 is 4.74 Å². The summed E-state index contributed by atoms with van der Waals surface area (Å²) in [4.78, 5) is 13.6. The average Bonchev–Trinajstić information content (AvgIpc) is 2.39. The van der Waals surface area contributed by atoms with Gasteiger partial charge in [0.15, 0.2) is 0 Å². The molecule has 1 amide bonds. The second-order valence-corrected chi connectivity index (χ2v) is 7.85. The summed E-state index contributed by atoms with van der Waals surface area (Å²) in [5.74, 6) is 0.0648. The monoisotopic (exact) mass is 357 g/mol. The van der Waals surface area contributed by atoms with Gasteiger partial charge in [-0.05, 0) is 38.3 Å². The Balaban J connectivity index is 2.24. The number of carbonyl (C=O) groups excluding carboxylic acids is 1. The number of methoxy groups -OCH3 is 1. The lowest BCUT2D eigenvalue weighted by molar-refractivity contribution is 0.00769. The van der Waals surface area contributed by atoms with E-state index >= 15 is 0 Å². The van der Waals surface area contributed by atoms with Gasteiger partial charge in [0.05, 0.1) is 12.1 Å². The van der Waals surface area contributed by atoms with Crippen LogP contribution in [-0.2, 0) is 4.74 Å². The first kappa shape index (κ1) is 18.8. The van der Waals surface area contributed by atoms with Gasteiger partial charge in [-0.15, -0.1) is 0 Å². The Kier molecular flexibility index (Phi) is 5.33. The lowest BCUT2D eigenvalue weighted by atomic mass is 9.87. The number of carbonyl (C=O) groups is 1. The van der Waals surface area contributed by atoms with Crippen LogP contribution in [0.2, 0.25) is 5.02 Å². The number of ether oxygens (including phenoxy) is 2. The molecule has 6 heteroatoms. The maximum absolute atomic E-state index is 14.6. The summed E-state index contributed by atoms with van der Waals surface area (Å²) in [7, 11) is 1.53.